The van der Waals surface area contributed by atoms with Crippen molar-refractivity contribution < 1.29 is 18.3 Å². The van der Waals surface area contributed by atoms with E-state index in [1.807, 2.05) is 6.92 Å². The minimum absolute atomic E-state index is 0.0822. The van der Waals surface area contributed by atoms with Crippen LogP contribution in [0.2, 0.25) is 0 Å². The molecule has 1 aromatic heterocycles. The van der Waals surface area contributed by atoms with Crippen LogP contribution in [0.3, 0.4) is 0 Å². The third-order valence-electron chi connectivity index (χ3n) is 2.98. The van der Waals surface area contributed by atoms with Crippen LogP contribution in [0.15, 0.2) is 5.16 Å². The third-order valence-corrected chi connectivity index (χ3v) is 5.70. The molecule has 1 aliphatic heterocycles. The van der Waals surface area contributed by atoms with Gasteiger partial charge in [0.15, 0.2) is 15.0 Å². The van der Waals surface area contributed by atoms with Gasteiger partial charge in [-0.2, -0.15) is 0 Å². The van der Waals surface area contributed by atoms with Crippen LogP contribution in [-0.4, -0.2) is 51.5 Å². The van der Waals surface area contributed by atoms with Gasteiger partial charge in [0, 0.05) is 12.5 Å². The van der Waals surface area contributed by atoms with Crippen molar-refractivity contribution in [1.82, 2.24) is 14.8 Å². The molecular formula is C10H15N3O4S2. The minimum atomic E-state index is -2.97. The van der Waals surface area contributed by atoms with Crippen molar-refractivity contribution in [3.05, 3.63) is 5.82 Å². The molecule has 19 heavy (non-hydrogen) atoms. The van der Waals surface area contributed by atoms with Gasteiger partial charge >= 0.3 is 5.97 Å². The number of carbonyl (C=O) groups is 1. The van der Waals surface area contributed by atoms with Crippen molar-refractivity contribution in [3.63, 3.8) is 0 Å². The maximum atomic E-state index is 11.5. The third kappa shape index (κ3) is 3.27. The monoisotopic (exact) mass is 305 g/mol. The molecule has 0 spiro atoms. The molecule has 106 valence electrons. The van der Waals surface area contributed by atoms with E-state index in [1.54, 1.807) is 4.57 Å². The number of aliphatic carboxylic acids is 1. The average molecular weight is 305 g/mol. The lowest BCUT2D eigenvalue weighted by atomic mass is 10.1. The Bertz CT molecular complexity index is 582. The fourth-order valence-corrected chi connectivity index (χ4v) is 4.60. The molecule has 1 fully saturated rings. The number of nitrogens with zero attached hydrogens (tertiary/aromatic N) is 3. The van der Waals surface area contributed by atoms with Gasteiger partial charge in [0.25, 0.3) is 0 Å². The van der Waals surface area contributed by atoms with Gasteiger partial charge in [0.1, 0.15) is 5.82 Å². The molecule has 2 heterocycles. The molecule has 0 saturated carbocycles. The molecule has 1 aromatic rings. The van der Waals surface area contributed by atoms with Crippen molar-refractivity contribution in [2.45, 2.75) is 31.0 Å². The molecule has 0 amide bonds. The second-order valence-corrected chi connectivity index (χ2v) is 7.54. The second kappa shape index (κ2) is 5.49. The van der Waals surface area contributed by atoms with Crippen LogP contribution < -0.4 is 0 Å². The van der Waals surface area contributed by atoms with Crippen LogP contribution in [-0.2, 0) is 21.2 Å². The molecule has 1 atom stereocenters. The van der Waals surface area contributed by atoms with Crippen molar-refractivity contribution in [2.24, 2.45) is 0 Å². The second-order valence-electron chi connectivity index (χ2n) is 4.37. The van der Waals surface area contributed by atoms with Crippen LogP contribution in [0.1, 0.15) is 25.1 Å². The lowest BCUT2D eigenvalue weighted by Crippen LogP contribution is -2.11. The normalized spacial score (nSPS) is 21.6. The molecular weight excluding hydrogens is 290 g/mol. The molecule has 0 radical (unpaired) electrons. The van der Waals surface area contributed by atoms with E-state index in [0.717, 1.165) is 11.8 Å². The SMILES string of the molecule is CCn1c(SCC(=O)O)nnc1C1CCS(=O)(=O)C1. The number of sulfone groups is 1. The zero-order chi connectivity index (χ0) is 14.0. The number of thioether (sulfide) groups is 1. The standard InChI is InChI=1S/C10H15N3O4S2/c1-2-13-9(7-3-4-19(16,17)6-7)11-12-10(13)18-5-8(14)15/h7H,2-6H2,1H3,(H,14,15). The van der Waals surface area contributed by atoms with Crippen molar-refractivity contribution in [1.29, 1.82) is 0 Å². The van der Waals surface area contributed by atoms with Gasteiger partial charge in [-0.1, -0.05) is 11.8 Å². The molecule has 0 aromatic carbocycles. The van der Waals surface area contributed by atoms with Crippen LogP contribution >= 0.6 is 11.8 Å². The van der Waals surface area contributed by atoms with Gasteiger partial charge in [0.2, 0.25) is 0 Å². The summed E-state index contributed by atoms with van der Waals surface area (Å²) in [7, 11) is -2.97. The van der Waals surface area contributed by atoms with E-state index in [0.29, 0.717) is 23.9 Å². The van der Waals surface area contributed by atoms with Crippen molar-refractivity contribution in [3.8, 4) is 0 Å². The summed E-state index contributed by atoms with van der Waals surface area (Å²) in [5, 5.41) is 17.2. The first-order valence-electron chi connectivity index (χ1n) is 5.91. The molecule has 7 nitrogen and oxygen atoms in total. The summed E-state index contributed by atoms with van der Waals surface area (Å²) >= 11 is 1.10. The quantitative estimate of drug-likeness (QED) is 0.784. The summed E-state index contributed by atoms with van der Waals surface area (Å²) in [6.07, 6.45) is 0.560. The van der Waals surface area contributed by atoms with Gasteiger partial charge in [-0.25, -0.2) is 8.42 Å². The van der Waals surface area contributed by atoms with E-state index in [4.69, 9.17) is 5.11 Å². The molecule has 1 aliphatic rings. The number of rotatable bonds is 5. The number of aromatic nitrogens is 3. The molecule has 1 saturated heterocycles. The summed E-state index contributed by atoms with van der Waals surface area (Å²) in [4.78, 5) is 10.6. The summed E-state index contributed by atoms with van der Waals surface area (Å²) < 4.78 is 24.8. The fraction of sp³-hybridized carbons (Fsp3) is 0.700. The van der Waals surface area contributed by atoms with Gasteiger partial charge in [-0.15, -0.1) is 10.2 Å². The van der Waals surface area contributed by atoms with Crippen LogP contribution in [0.4, 0.5) is 0 Å². The Hall–Kier alpha value is -1.09. The van der Waals surface area contributed by atoms with E-state index in [9.17, 15) is 13.2 Å². The highest BCUT2D eigenvalue weighted by atomic mass is 32.2. The molecule has 2 rings (SSSR count). The van der Waals surface area contributed by atoms with E-state index >= 15 is 0 Å². The van der Waals surface area contributed by atoms with Gasteiger partial charge in [-0.3, -0.25) is 4.79 Å². The van der Waals surface area contributed by atoms with Crippen LogP contribution in [0.25, 0.3) is 0 Å². The van der Waals surface area contributed by atoms with E-state index in [-0.39, 0.29) is 23.2 Å². The predicted molar refractivity (Wildman–Crippen MR) is 70.1 cm³/mol. The Kier molecular flexibility index (Phi) is 4.14. The average Bonchev–Trinajstić information content (AvgIpc) is 2.88. The van der Waals surface area contributed by atoms with Gasteiger partial charge in [0.05, 0.1) is 17.3 Å². The Morgan fingerprint density at radius 1 is 1.53 bits per heavy atom. The minimum Gasteiger partial charge on any atom is -0.481 e. The Balaban J connectivity index is 2.20. The van der Waals surface area contributed by atoms with E-state index < -0.39 is 15.8 Å². The number of carboxylic acids is 1. The zero-order valence-electron chi connectivity index (χ0n) is 10.4. The number of hydrogen-bond donors (Lipinski definition) is 1. The maximum absolute atomic E-state index is 11.5. The highest BCUT2D eigenvalue weighted by molar-refractivity contribution is 7.99. The number of carboxylic acid groups (broad SMARTS) is 1. The van der Waals surface area contributed by atoms with Crippen molar-refractivity contribution in [2.75, 3.05) is 17.3 Å². The Morgan fingerprint density at radius 3 is 2.79 bits per heavy atom. The first kappa shape index (κ1) is 14.3. The number of hydrogen-bond acceptors (Lipinski definition) is 6. The van der Waals surface area contributed by atoms with Gasteiger partial charge in [-0.05, 0) is 13.3 Å². The first-order valence-corrected chi connectivity index (χ1v) is 8.71. The molecule has 0 bridgehead atoms. The molecule has 0 aliphatic carbocycles. The Morgan fingerprint density at radius 2 is 2.26 bits per heavy atom. The summed E-state index contributed by atoms with van der Waals surface area (Å²) in [5.41, 5.74) is 0. The maximum Gasteiger partial charge on any atom is 0.313 e. The summed E-state index contributed by atoms with van der Waals surface area (Å²) in [6.45, 7) is 2.50. The highest BCUT2D eigenvalue weighted by Crippen LogP contribution is 2.29. The van der Waals surface area contributed by atoms with Crippen LogP contribution in [0.5, 0.6) is 0 Å². The Labute approximate surface area is 115 Å². The topological polar surface area (TPSA) is 102 Å². The van der Waals surface area contributed by atoms with Crippen LogP contribution in [0, 0.1) is 0 Å². The van der Waals surface area contributed by atoms with Gasteiger partial charge < -0.3 is 9.67 Å². The lowest BCUT2D eigenvalue weighted by molar-refractivity contribution is -0.133. The van der Waals surface area contributed by atoms with E-state index in [2.05, 4.69) is 10.2 Å². The lowest BCUT2D eigenvalue weighted by Gasteiger charge is -2.10. The van der Waals surface area contributed by atoms with Crippen molar-refractivity contribution >= 4 is 27.6 Å². The summed E-state index contributed by atoms with van der Waals surface area (Å²) in [6, 6.07) is 0. The smallest absolute Gasteiger partial charge is 0.313 e. The first-order chi connectivity index (χ1) is 8.93. The molecule has 1 unspecified atom stereocenters. The fourth-order valence-electron chi connectivity index (χ4n) is 2.13. The highest BCUT2D eigenvalue weighted by Gasteiger charge is 2.33. The van der Waals surface area contributed by atoms with E-state index in [1.165, 1.54) is 0 Å². The largest absolute Gasteiger partial charge is 0.481 e. The molecule has 9 heteroatoms. The molecule has 1 N–H and O–H groups in total. The zero-order valence-corrected chi connectivity index (χ0v) is 12.1. The predicted octanol–water partition coefficient (Wildman–Crippen LogP) is 0.377. The summed E-state index contributed by atoms with van der Waals surface area (Å²) in [5.74, 6) is -0.185.